The van der Waals surface area contributed by atoms with Gasteiger partial charge >= 0.3 is 5.51 Å². The Bertz CT molecular complexity index is 406. The zero-order chi connectivity index (χ0) is 15.7. The lowest BCUT2D eigenvalue weighted by Gasteiger charge is -2.27. The molecule has 0 saturated heterocycles. The summed E-state index contributed by atoms with van der Waals surface area (Å²) in [7, 11) is -1.84. The van der Waals surface area contributed by atoms with Gasteiger partial charge in [0, 0.05) is 0 Å². The van der Waals surface area contributed by atoms with Gasteiger partial charge in [0.2, 0.25) is 0 Å². The van der Waals surface area contributed by atoms with Crippen LogP contribution in [0, 0.1) is 0 Å². The molecule has 0 aromatic rings. The standard InChI is InChI=1S/C7H14ClN2S.CHF3O3S/c1-10(2,5-3-8)6-4-9-7-11;2-1(3,4)8(5,6)7/h3-6H2,1-2H3;(H,5,6,7)/q+1;/p-1. The number of rotatable bonds is 5. The van der Waals surface area contributed by atoms with Crippen molar-refractivity contribution in [1.82, 2.24) is 0 Å². The summed E-state index contributed by atoms with van der Waals surface area (Å²) in [5, 5.41) is 2.35. The summed E-state index contributed by atoms with van der Waals surface area (Å²) in [5.74, 6) is 0.689. The Balaban J connectivity index is 0. The Kier molecular flexibility index (Phi) is 9.78. The molecule has 0 N–H and O–H groups in total. The maximum absolute atomic E-state index is 10.7. The second kappa shape index (κ2) is 8.83. The molecule has 0 aliphatic rings. The minimum Gasteiger partial charge on any atom is -0.741 e. The van der Waals surface area contributed by atoms with Crippen molar-refractivity contribution >= 4 is 39.1 Å². The van der Waals surface area contributed by atoms with Crippen LogP contribution in [0.3, 0.4) is 0 Å². The average molecular weight is 343 g/mol. The molecular formula is C8H14ClF3N2O3S2. The van der Waals surface area contributed by atoms with Gasteiger partial charge in [-0.3, -0.25) is 0 Å². The van der Waals surface area contributed by atoms with Gasteiger partial charge in [-0.2, -0.15) is 13.2 Å². The van der Waals surface area contributed by atoms with Gasteiger partial charge in [-0.25, -0.2) is 13.4 Å². The molecule has 0 unspecified atom stereocenters. The molecule has 0 bridgehead atoms. The predicted octanol–water partition coefficient (Wildman–Crippen LogP) is 1.46. The van der Waals surface area contributed by atoms with E-state index in [-0.39, 0.29) is 0 Å². The lowest BCUT2D eigenvalue weighted by atomic mass is 10.4. The number of thiocarbonyl (C=S) groups is 1. The summed E-state index contributed by atoms with van der Waals surface area (Å²) in [6.07, 6.45) is 0. The van der Waals surface area contributed by atoms with Gasteiger partial charge in [-0.05, 0) is 12.2 Å². The average Bonchev–Trinajstić information content (AvgIpc) is 2.15. The number of isothiocyanates is 1. The molecule has 0 amide bonds. The second-order valence-corrected chi connectivity index (χ2v) is 5.88. The fraction of sp³-hybridized carbons (Fsp3) is 0.875. The third-order valence-corrected chi connectivity index (χ3v) is 2.72. The highest BCUT2D eigenvalue weighted by molar-refractivity contribution is 7.86. The monoisotopic (exact) mass is 342 g/mol. The van der Waals surface area contributed by atoms with Crippen molar-refractivity contribution in [2.75, 3.05) is 39.6 Å². The van der Waals surface area contributed by atoms with Crippen LogP contribution in [0.25, 0.3) is 0 Å². The number of hydrogen-bond acceptors (Lipinski definition) is 5. The van der Waals surface area contributed by atoms with E-state index in [1.165, 1.54) is 0 Å². The van der Waals surface area contributed by atoms with E-state index in [4.69, 9.17) is 24.6 Å². The molecule has 0 radical (unpaired) electrons. The third-order valence-electron chi connectivity index (χ3n) is 1.85. The van der Waals surface area contributed by atoms with Crippen LogP contribution < -0.4 is 0 Å². The van der Waals surface area contributed by atoms with Crippen molar-refractivity contribution in [3.63, 3.8) is 0 Å². The first kappa shape index (κ1) is 21.1. The molecule has 114 valence electrons. The van der Waals surface area contributed by atoms with E-state index in [9.17, 15) is 13.2 Å². The summed E-state index contributed by atoms with van der Waals surface area (Å²) >= 11 is 10.1. The second-order valence-electron chi connectivity index (χ2n) is 3.94. The molecule has 5 nitrogen and oxygen atoms in total. The lowest BCUT2D eigenvalue weighted by molar-refractivity contribution is -0.886. The van der Waals surface area contributed by atoms with Gasteiger partial charge in [0.15, 0.2) is 10.1 Å². The van der Waals surface area contributed by atoms with Gasteiger partial charge < -0.3 is 9.04 Å². The fourth-order valence-electron chi connectivity index (χ4n) is 0.707. The first-order chi connectivity index (χ1) is 8.37. The van der Waals surface area contributed by atoms with Crippen LogP contribution in [0.15, 0.2) is 4.99 Å². The Labute approximate surface area is 120 Å². The largest absolute Gasteiger partial charge is 0.741 e. The Morgan fingerprint density at radius 3 is 2.05 bits per heavy atom. The smallest absolute Gasteiger partial charge is 0.485 e. The molecule has 0 aliphatic heterocycles. The maximum Gasteiger partial charge on any atom is 0.485 e. The molecule has 0 aromatic carbocycles. The fourth-order valence-corrected chi connectivity index (χ4v) is 1.26. The number of alkyl halides is 4. The number of hydrogen-bond donors (Lipinski definition) is 0. The summed E-state index contributed by atoms with van der Waals surface area (Å²) < 4.78 is 59.8. The molecule has 11 heteroatoms. The van der Waals surface area contributed by atoms with Crippen molar-refractivity contribution in [3.8, 4) is 0 Å². The van der Waals surface area contributed by atoms with Crippen LogP contribution in [0.1, 0.15) is 0 Å². The SMILES string of the molecule is C[N+](C)(CCCl)CCN=C=S.O=S(=O)([O-])C(F)(F)F. The quantitative estimate of drug-likeness (QED) is 0.189. The van der Waals surface area contributed by atoms with E-state index < -0.39 is 15.6 Å². The molecule has 0 atom stereocenters. The van der Waals surface area contributed by atoms with Gasteiger partial charge in [0.1, 0.15) is 0 Å². The molecule has 0 saturated carbocycles. The van der Waals surface area contributed by atoms with Crippen molar-refractivity contribution in [3.05, 3.63) is 0 Å². The topological polar surface area (TPSA) is 69.6 Å². The summed E-state index contributed by atoms with van der Waals surface area (Å²) in [6, 6.07) is 0. The van der Waals surface area contributed by atoms with Crippen molar-refractivity contribution < 1.29 is 30.6 Å². The summed E-state index contributed by atoms with van der Waals surface area (Å²) in [6.45, 7) is 2.68. The maximum atomic E-state index is 10.7. The number of quaternary nitrogens is 1. The highest BCUT2D eigenvalue weighted by Crippen LogP contribution is 2.20. The number of halogens is 4. The Morgan fingerprint density at radius 2 is 1.79 bits per heavy atom. The summed E-state index contributed by atoms with van der Waals surface area (Å²) in [4.78, 5) is 3.85. The highest BCUT2D eigenvalue weighted by atomic mass is 35.5. The third kappa shape index (κ3) is 12.5. The Hall–Kier alpha value is -0.250. The molecule has 0 rings (SSSR count). The van der Waals surface area contributed by atoms with Gasteiger partial charge in [-0.1, -0.05) is 0 Å². The number of likely N-dealkylation sites (N-methyl/N-ethyl adjacent to an activating group) is 1. The van der Waals surface area contributed by atoms with Gasteiger partial charge in [-0.15, -0.1) is 11.6 Å². The van der Waals surface area contributed by atoms with Gasteiger partial charge in [0.25, 0.3) is 0 Å². The minimum atomic E-state index is -6.09. The normalized spacial score (nSPS) is 12.2. The van der Waals surface area contributed by atoms with E-state index >= 15 is 0 Å². The minimum absolute atomic E-state index is 0.689. The van der Waals surface area contributed by atoms with E-state index in [1.807, 2.05) is 0 Å². The van der Waals surface area contributed by atoms with Crippen LogP contribution >= 0.6 is 23.8 Å². The molecule has 19 heavy (non-hydrogen) atoms. The molecule has 0 aliphatic carbocycles. The predicted molar refractivity (Wildman–Crippen MR) is 68.2 cm³/mol. The highest BCUT2D eigenvalue weighted by Gasteiger charge is 2.36. The van der Waals surface area contributed by atoms with Crippen LogP contribution in [0.5, 0.6) is 0 Å². The molecule has 0 fully saturated rings. The van der Waals surface area contributed by atoms with Crippen molar-refractivity contribution in [2.24, 2.45) is 4.99 Å². The zero-order valence-corrected chi connectivity index (χ0v) is 12.7. The van der Waals surface area contributed by atoms with Crippen molar-refractivity contribution in [1.29, 1.82) is 0 Å². The van der Waals surface area contributed by atoms with Crippen LogP contribution in [0.4, 0.5) is 13.2 Å². The zero-order valence-electron chi connectivity index (χ0n) is 10.3. The van der Waals surface area contributed by atoms with Crippen LogP contribution in [-0.2, 0) is 10.1 Å². The first-order valence-electron chi connectivity index (χ1n) is 4.81. The molecule has 0 aromatic heterocycles. The van der Waals surface area contributed by atoms with E-state index in [2.05, 4.69) is 36.5 Å². The lowest BCUT2D eigenvalue weighted by Crippen LogP contribution is -2.43. The van der Waals surface area contributed by atoms with Gasteiger partial charge in [0.05, 0.1) is 44.8 Å². The first-order valence-corrected chi connectivity index (χ1v) is 7.16. The number of nitrogens with zero attached hydrogens (tertiary/aromatic N) is 2. The van der Waals surface area contributed by atoms with E-state index in [0.717, 1.165) is 24.1 Å². The van der Waals surface area contributed by atoms with Crippen LogP contribution in [-0.4, -0.2) is 67.7 Å². The Morgan fingerprint density at radius 1 is 1.37 bits per heavy atom. The molecular weight excluding hydrogens is 329 g/mol. The molecule has 0 heterocycles. The van der Waals surface area contributed by atoms with E-state index in [1.54, 1.807) is 0 Å². The van der Waals surface area contributed by atoms with Crippen molar-refractivity contribution in [2.45, 2.75) is 5.51 Å². The number of aliphatic imine (C=N–C) groups is 1. The molecule has 0 spiro atoms. The van der Waals surface area contributed by atoms with E-state index in [0.29, 0.717) is 5.88 Å². The van der Waals surface area contributed by atoms with Crippen LogP contribution in [0.2, 0.25) is 0 Å². The summed E-state index contributed by atoms with van der Waals surface area (Å²) in [5.41, 5.74) is -5.65.